The van der Waals surface area contributed by atoms with Crippen molar-refractivity contribution in [1.82, 2.24) is 0 Å². The molecule has 0 spiro atoms. The molecule has 0 aliphatic heterocycles. The lowest BCUT2D eigenvalue weighted by Crippen LogP contribution is -1.72. The van der Waals surface area contributed by atoms with Crippen LogP contribution < -0.4 is 0 Å². The molecule has 0 heterocycles. The predicted molar refractivity (Wildman–Crippen MR) is 33.1 cm³/mol. The van der Waals surface area contributed by atoms with Crippen LogP contribution in [0.15, 0.2) is 12.0 Å². The van der Waals surface area contributed by atoms with E-state index in [1.807, 2.05) is 6.92 Å². The van der Waals surface area contributed by atoms with Crippen molar-refractivity contribution in [3.8, 4) is 0 Å². The number of alkyl halides is 1. The van der Waals surface area contributed by atoms with Crippen molar-refractivity contribution in [1.29, 1.82) is 0 Å². The number of halogens is 1. The highest BCUT2D eigenvalue weighted by Gasteiger charge is 1.86. The lowest BCUT2D eigenvalue weighted by Gasteiger charge is -1.89. The molecule has 0 aliphatic carbocycles. The molecule has 0 amide bonds. The molecular weight excluding hydrogens is 116 g/mol. The predicted octanol–water partition coefficient (Wildman–Crippen LogP) is 2.45. The van der Waals surface area contributed by atoms with Gasteiger partial charge in [0.2, 0.25) is 0 Å². The van der Waals surface area contributed by atoms with E-state index < -0.39 is 0 Å². The Hall–Kier alpha value is 0.380. The summed E-state index contributed by atoms with van der Waals surface area (Å²) >= 11 is 6.99. The maximum atomic E-state index is 5.47. The van der Waals surface area contributed by atoms with Crippen molar-refractivity contribution in [2.75, 3.05) is 0 Å². The van der Waals surface area contributed by atoms with E-state index in [1.165, 1.54) is 11.8 Å². The summed E-state index contributed by atoms with van der Waals surface area (Å²) in [5, 5.41) is 1.73. The molecule has 2 heteroatoms. The van der Waals surface area contributed by atoms with Gasteiger partial charge < -0.3 is 0 Å². The molecule has 0 radical (unpaired) electrons. The molecule has 1 unspecified atom stereocenters. The van der Waals surface area contributed by atoms with Gasteiger partial charge in [-0.2, -0.15) is 0 Å². The van der Waals surface area contributed by atoms with Gasteiger partial charge in [-0.1, -0.05) is 6.58 Å². The zero-order chi connectivity index (χ0) is 4.99. The van der Waals surface area contributed by atoms with E-state index in [0.29, 0.717) is 0 Å². The molecule has 0 saturated heterocycles. The van der Waals surface area contributed by atoms with Gasteiger partial charge in [0.1, 0.15) is 0 Å². The second-order valence-corrected chi connectivity index (χ2v) is 3.07. The van der Waals surface area contributed by atoms with Gasteiger partial charge in [-0.15, -0.1) is 23.4 Å². The first-order valence-corrected chi connectivity index (χ1v) is 3.05. The fourth-order valence-electron chi connectivity index (χ4n) is 0.133. The number of rotatable bonds is 2. The molecule has 0 fully saturated rings. The van der Waals surface area contributed by atoms with Crippen LogP contribution >= 0.6 is 23.4 Å². The molecule has 0 aromatic rings. The molecule has 0 aromatic heterocycles. The van der Waals surface area contributed by atoms with Crippen molar-refractivity contribution < 1.29 is 0 Å². The van der Waals surface area contributed by atoms with Gasteiger partial charge >= 0.3 is 0 Å². The average Bonchev–Trinajstić information content (AvgIpc) is 1.35. The second kappa shape index (κ2) is 3.57. The first-order valence-electron chi connectivity index (χ1n) is 1.68. The minimum atomic E-state index is 0.169. The first-order chi connectivity index (χ1) is 2.77. The lowest BCUT2D eigenvalue weighted by molar-refractivity contribution is 1.41. The van der Waals surface area contributed by atoms with E-state index in [0.717, 1.165) is 0 Å². The highest BCUT2D eigenvalue weighted by Crippen LogP contribution is 2.12. The third-order valence-electron chi connectivity index (χ3n) is 0.284. The van der Waals surface area contributed by atoms with Crippen LogP contribution in [0.1, 0.15) is 6.92 Å². The smallest absolute Gasteiger partial charge is 0.0801 e. The molecule has 0 aromatic carbocycles. The summed E-state index contributed by atoms with van der Waals surface area (Å²) in [6, 6.07) is 0. The molecule has 6 heavy (non-hydrogen) atoms. The monoisotopic (exact) mass is 122 g/mol. The second-order valence-electron chi connectivity index (χ2n) is 0.846. The molecule has 36 valence electrons. The Labute approximate surface area is 47.6 Å². The van der Waals surface area contributed by atoms with E-state index in [9.17, 15) is 0 Å². The fraction of sp³-hybridized carbons (Fsp3) is 0.500. The third kappa shape index (κ3) is 4.38. The molecule has 1 atom stereocenters. The van der Waals surface area contributed by atoms with Crippen molar-refractivity contribution in [2.24, 2.45) is 0 Å². The summed E-state index contributed by atoms with van der Waals surface area (Å²) in [5.41, 5.74) is 0. The molecule has 0 nitrogen and oxygen atoms in total. The zero-order valence-electron chi connectivity index (χ0n) is 3.65. The van der Waals surface area contributed by atoms with Crippen LogP contribution in [0, 0.1) is 0 Å². The van der Waals surface area contributed by atoms with E-state index in [2.05, 4.69) is 6.58 Å². The Morgan fingerprint density at radius 2 is 2.50 bits per heavy atom. The Kier molecular flexibility index (Phi) is 3.79. The summed E-state index contributed by atoms with van der Waals surface area (Å²) in [6.07, 6.45) is 0. The lowest BCUT2D eigenvalue weighted by atomic mass is 11.0. The SMILES string of the molecule is C=CSC(C)Cl. The average molecular weight is 123 g/mol. The first kappa shape index (κ1) is 6.38. The standard InChI is InChI=1S/C4H7ClS/c1-3-6-4(2)5/h3-4H,1H2,2H3. The van der Waals surface area contributed by atoms with Crippen LogP contribution in [-0.4, -0.2) is 4.71 Å². The summed E-state index contributed by atoms with van der Waals surface area (Å²) in [4.78, 5) is 0. The van der Waals surface area contributed by atoms with Crippen molar-refractivity contribution >= 4 is 23.4 Å². The highest BCUT2D eigenvalue weighted by molar-refractivity contribution is 8.03. The van der Waals surface area contributed by atoms with E-state index in [4.69, 9.17) is 11.6 Å². The molecule has 0 N–H and O–H groups in total. The Morgan fingerprint density at radius 1 is 2.00 bits per heavy atom. The van der Waals surface area contributed by atoms with Crippen LogP contribution in [0.4, 0.5) is 0 Å². The summed E-state index contributed by atoms with van der Waals surface area (Å²) < 4.78 is 0.169. The number of hydrogen-bond donors (Lipinski definition) is 0. The minimum Gasteiger partial charge on any atom is -0.115 e. The number of thioether (sulfide) groups is 1. The summed E-state index contributed by atoms with van der Waals surface area (Å²) in [6.45, 7) is 5.39. The summed E-state index contributed by atoms with van der Waals surface area (Å²) in [5.74, 6) is 0. The third-order valence-corrected chi connectivity index (χ3v) is 1.16. The van der Waals surface area contributed by atoms with Crippen molar-refractivity contribution in [2.45, 2.75) is 11.6 Å². The van der Waals surface area contributed by atoms with Crippen LogP contribution in [-0.2, 0) is 0 Å². The van der Waals surface area contributed by atoms with Gasteiger partial charge in [0.15, 0.2) is 0 Å². The normalized spacial score (nSPS) is 13.7. The van der Waals surface area contributed by atoms with E-state index in [1.54, 1.807) is 5.41 Å². The van der Waals surface area contributed by atoms with Crippen LogP contribution in [0.25, 0.3) is 0 Å². The molecule has 0 bridgehead atoms. The zero-order valence-corrected chi connectivity index (χ0v) is 5.22. The van der Waals surface area contributed by atoms with Crippen LogP contribution in [0.3, 0.4) is 0 Å². The number of hydrogen-bond acceptors (Lipinski definition) is 1. The van der Waals surface area contributed by atoms with Crippen LogP contribution in [0.2, 0.25) is 0 Å². The quantitative estimate of drug-likeness (QED) is 0.507. The molecule has 0 saturated carbocycles. The topological polar surface area (TPSA) is 0 Å². The Morgan fingerprint density at radius 3 is 2.50 bits per heavy atom. The fourth-order valence-corrected chi connectivity index (χ4v) is 0.616. The minimum absolute atomic E-state index is 0.169. The van der Waals surface area contributed by atoms with Gasteiger partial charge in [-0.05, 0) is 12.3 Å². The highest BCUT2D eigenvalue weighted by atomic mass is 35.5. The maximum absolute atomic E-state index is 5.47. The van der Waals surface area contributed by atoms with Gasteiger partial charge in [-0.25, -0.2) is 0 Å². The van der Waals surface area contributed by atoms with Gasteiger partial charge in [-0.3, -0.25) is 0 Å². The van der Waals surface area contributed by atoms with Crippen molar-refractivity contribution in [3.05, 3.63) is 12.0 Å². The van der Waals surface area contributed by atoms with Gasteiger partial charge in [0, 0.05) is 0 Å². The van der Waals surface area contributed by atoms with Gasteiger partial charge in [0.25, 0.3) is 0 Å². The van der Waals surface area contributed by atoms with Crippen molar-refractivity contribution in [3.63, 3.8) is 0 Å². The molecular formula is C4H7ClS. The molecule has 0 aliphatic rings. The van der Waals surface area contributed by atoms with Crippen LogP contribution in [0.5, 0.6) is 0 Å². The summed E-state index contributed by atoms with van der Waals surface area (Å²) in [7, 11) is 0. The largest absolute Gasteiger partial charge is 0.115 e. The van der Waals surface area contributed by atoms with E-state index >= 15 is 0 Å². The Balaban J connectivity index is 2.81. The maximum Gasteiger partial charge on any atom is 0.0801 e. The molecule has 0 rings (SSSR count). The van der Waals surface area contributed by atoms with E-state index in [-0.39, 0.29) is 4.71 Å². The van der Waals surface area contributed by atoms with Gasteiger partial charge in [0.05, 0.1) is 4.71 Å². The Bertz CT molecular complexity index is 42.8.